The van der Waals surface area contributed by atoms with Crippen molar-refractivity contribution < 1.29 is 15.0 Å². The molecule has 0 heterocycles. The molecule has 1 amide bonds. The Labute approximate surface area is 370 Å². The van der Waals surface area contributed by atoms with Gasteiger partial charge < -0.3 is 15.5 Å². The molecule has 0 radical (unpaired) electrons. The normalized spacial score (nSPS) is 12.9. The molecule has 350 valence electrons. The van der Waals surface area contributed by atoms with E-state index >= 15 is 0 Å². The molecule has 0 aliphatic heterocycles. The summed E-state index contributed by atoms with van der Waals surface area (Å²) in [5.41, 5.74) is 0. The molecule has 0 rings (SSSR count). The van der Waals surface area contributed by atoms with Crippen LogP contribution in [0.1, 0.15) is 303 Å². The Morgan fingerprint density at radius 3 is 0.932 bits per heavy atom. The van der Waals surface area contributed by atoms with Gasteiger partial charge in [-0.15, -0.1) is 0 Å². The lowest BCUT2D eigenvalue weighted by Gasteiger charge is -2.20. The fraction of sp³-hybridized carbons (Fsp3) is 0.909. The number of hydrogen-bond acceptors (Lipinski definition) is 3. The van der Waals surface area contributed by atoms with Gasteiger partial charge in [0.1, 0.15) is 0 Å². The van der Waals surface area contributed by atoms with Crippen LogP contribution in [0, 0.1) is 0 Å². The fourth-order valence-corrected chi connectivity index (χ4v) is 8.53. The number of aliphatic hydroxyl groups excluding tert-OH is 2. The lowest BCUT2D eigenvalue weighted by Crippen LogP contribution is -2.45. The molecule has 2 atom stereocenters. The number of allylic oxidation sites excluding steroid dienone is 3. The Morgan fingerprint density at radius 1 is 0.390 bits per heavy atom. The molecule has 4 nitrogen and oxygen atoms in total. The lowest BCUT2D eigenvalue weighted by atomic mass is 10.0. The summed E-state index contributed by atoms with van der Waals surface area (Å²) in [6.07, 6.45) is 67.7. The van der Waals surface area contributed by atoms with Gasteiger partial charge in [0, 0.05) is 6.42 Å². The van der Waals surface area contributed by atoms with Crippen molar-refractivity contribution >= 4 is 5.91 Å². The van der Waals surface area contributed by atoms with Crippen LogP contribution in [0.5, 0.6) is 0 Å². The molecule has 0 fully saturated rings. The monoisotopic (exact) mass is 830 g/mol. The zero-order valence-corrected chi connectivity index (χ0v) is 40.3. The molecule has 0 aliphatic carbocycles. The van der Waals surface area contributed by atoms with E-state index in [0.29, 0.717) is 6.42 Å². The highest BCUT2D eigenvalue weighted by Crippen LogP contribution is 2.17. The first-order valence-electron chi connectivity index (χ1n) is 27.1. The third kappa shape index (κ3) is 47.8. The number of nitrogens with one attached hydrogen (secondary N) is 1. The highest BCUT2D eigenvalue weighted by Gasteiger charge is 2.18. The SMILES string of the molecule is CCCCCCCC/C=C\CCCCCCCC(=O)NC(CO)C(O)/C=C/CCCCCCCCCCCCCCCCCCCCCCCCCCCCCCCC. The summed E-state index contributed by atoms with van der Waals surface area (Å²) < 4.78 is 0. The minimum Gasteiger partial charge on any atom is -0.394 e. The minimum atomic E-state index is -0.841. The second kappa shape index (κ2) is 51.2. The zero-order valence-electron chi connectivity index (χ0n) is 40.3. The summed E-state index contributed by atoms with van der Waals surface area (Å²) in [5.74, 6) is -0.0693. The molecule has 0 spiro atoms. The van der Waals surface area contributed by atoms with Crippen molar-refractivity contribution in [2.45, 2.75) is 315 Å². The average molecular weight is 830 g/mol. The maximum atomic E-state index is 12.4. The van der Waals surface area contributed by atoms with Crippen LogP contribution >= 0.6 is 0 Å². The van der Waals surface area contributed by atoms with Crippen molar-refractivity contribution in [3.05, 3.63) is 24.3 Å². The summed E-state index contributed by atoms with van der Waals surface area (Å²) in [6, 6.07) is -0.625. The third-order valence-electron chi connectivity index (χ3n) is 12.7. The van der Waals surface area contributed by atoms with Gasteiger partial charge in [0.25, 0.3) is 0 Å². The molecule has 2 unspecified atom stereocenters. The second-order valence-electron chi connectivity index (χ2n) is 18.7. The summed E-state index contributed by atoms with van der Waals surface area (Å²) in [6.45, 7) is 4.32. The molecule has 0 aromatic carbocycles. The fourth-order valence-electron chi connectivity index (χ4n) is 8.53. The van der Waals surface area contributed by atoms with Gasteiger partial charge in [0.15, 0.2) is 0 Å². The third-order valence-corrected chi connectivity index (χ3v) is 12.7. The topological polar surface area (TPSA) is 69.6 Å². The van der Waals surface area contributed by atoms with Crippen molar-refractivity contribution in [1.29, 1.82) is 0 Å². The summed E-state index contributed by atoms with van der Waals surface area (Å²) in [5, 5.41) is 23.1. The van der Waals surface area contributed by atoms with Gasteiger partial charge in [-0.2, -0.15) is 0 Å². The largest absolute Gasteiger partial charge is 0.394 e. The Kier molecular flexibility index (Phi) is 50.2. The predicted octanol–water partition coefficient (Wildman–Crippen LogP) is 17.5. The van der Waals surface area contributed by atoms with E-state index in [1.807, 2.05) is 6.08 Å². The molecule has 4 heteroatoms. The van der Waals surface area contributed by atoms with Crippen molar-refractivity contribution in [3.8, 4) is 0 Å². The second-order valence-corrected chi connectivity index (χ2v) is 18.7. The van der Waals surface area contributed by atoms with E-state index in [9.17, 15) is 15.0 Å². The van der Waals surface area contributed by atoms with Crippen LogP contribution in [-0.2, 0) is 4.79 Å². The number of hydrogen-bond donors (Lipinski definition) is 3. The zero-order chi connectivity index (χ0) is 42.8. The number of carbonyl (C=O) groups excluding carboxylic acids is 1. The van der Waals surface area contributed by atoms with E-state index in [-0.39, 0.29) is 12.5 Å². The van der Waals surface area contributed by atoms with Crippen LogP contribution in [0.15, 0.2) is 24.3 Å². The van der Waals surface area contributed by atoms with Crippen molar-refractivity contribution in [3.63, 3.8) is 0 Å². The van der Waals surface area contributed by atoms with E-state index in [4.69, 9.17) is 0 Å². The average Bonchev–Trinajstić information content (AvgIpc) is 3.24. The quantitative estimate of drug-likeness (QED) is 0.0422. The number of rotatable bonds is 50. The highest BCUT2D eigenvalue weighted by molar-refractivity contribution is 5.76. The Bertz CT molecular complexity index is 855. The van der Waals surface area contributed by atoms with E-state index in [1.54, 1.807) is 6.08 Å². The standard InChI is InChI=1S/C55H107NO3/c1-3-5-7-9-11-13-15-17-19-20-21-22-23-24-25-26-27-28-29-30-31-32-33-34-35-37-38-40-42-44-46-48-50-54(58)53(52-57)56-55(59)51-49-47-45-43-41-39-36-18-16-14-12-10-8-6-4-2/h18,36,48,50,53-54,57-58H,3-17,19-35,37-47,49,51-52H2,1-2H3,(H,56,59)/b36-18-,50-48+. The van der Waals surface area contributed by atoms with Crippen LogP contribution in [0.4, 0.5) is 0 Å². The van der Waals surface area contributed by atoms with Gasteiger partial charge in [0.2, 0.25) is 5.91 Å². The molecule has 0 bridgehead atoms. The molecule has 0 saturated carbocycles. The van der Waals surface area contributed by atoms with Crippen molar-refractivity contribution in [1.82, 2.24) is 5.32 Å². The number of amides is 1. The van der Waals surface area contributed by atoms with Gasteiger partial charge in [0.05, 0.1) is 18.8 Å². The van der Waals surface area contributed by atoms with Gasteiger partial charge in [-0.25, -0.2) is 0 Å². The molecule has 0 aromatic heterocycles. The predicted molar refractivity (Wildman–Crippen MR) is 262 cm³/mol. The first-order valence-corrected chi connectivity index (χ1v) is 27.1. The van der Waals surface area contributed by atoms with Crippen LogP contribution in [0.2, 0.25) is 0 Å². The van der Waals surface area contributed by atoms with Crippen LogP contribution < -0.4 is 5.32 Å². The summed E-state index contributed by atoms with van der Waals surface area (Å²) in [7, 11) is 0. The molecule has 0 saturated heterocycles. The number of carbonyl (C=O) groups is 1. The molecular weight excluding hydrogens is 723 g/mol. The van der Waals surface area contributed by atoms with Crippen molar-refractivity contribution in [2.24, 2.45) is 0 Å². The Balaban J connectivity index is 3.43. The van der Waals surface area contributed by atoms with Gasteiger partial charge in [-0.1, -0.05) is 276 Å². The first kappa shape index (κ1) is 57.9. The first-order chi connectivity index (χ1) is 29.2. The van der Waals surface area contributed by atoms with Crippen LogP contribution in [0.25, 0.3) is 0 Å². The summed E-state index contributed by atoms with van der Waals surface area (Å²) in [4.78, 5) is 12.4. The van der Waals surface area contributed by atoms with E-state index < -0.39 is 12.1 Å². The Hall–Kier alpha value is -1.13. The van der Waals surface area contributed by atoms with Crippen molar-refractivity contribution in [2.75, 3.05) is 6.61 Å². The molecular formula is C55H107NO3. The van der Waals surface area contributed by atoms with Crippen LogP contribution in [-0.4, -0.2) is 34.9 Å². The smallest absolute Gasteiger partial charge is 0.220 e. The lowest BCUT2D eigenvalue weighted by molar-refractivity contribution is -0.123. The molecule has 0 aliphatic rings. The van der Waals surface area contributed by atoms with Gasteiger partial charge >= 0.3 is 0 Å². The molecule has 59 heavy (non-hydrogen) atoms. The highest BCUT2D eigenvalue weighted by atomic mass is 16.3. The summed E-state index contributed by atoms with van der Waals surface area (Å²) >= 11 is 0. The maximum Gasteiger partial charge on any atom is 0.220 e. The molecule has 0 aromatic rings. The number of aliphatic hydroxyl groups is 2. The van der Waals surface area contributed by atoms with Gasteiger partial charge in [-0.05, 0) is 44.9 Å². The van der Waals surface area contributed by atoms with Gasteiger partial charge in [-0.3, -0.25) is 4.79 Å². The molecule has 3 N–H and O–H groups in total. The van der Waals surface area contributed by atoms with E-state index in [1.165, 1.54) is 250 Å². The van der Waals surface area contributed by atoms with E-state index in [0.717, 1.165) is 32.1 Å². The number of unbranched alkanes of at least 4 members (excludes halogenated alkanes) is 41. The maximum absolute atomic E-state index is 12.4. The Morgan fingerprint density at radius 2 is 0.644 bits per heavy atom. The van der Waals surface area contributed by atoms with Crippen LogP contribution in [0.3, 0.4) is 0 Å². The minimum absolute atomic E-state index is 0.0693. The van der Waals surface area contributed by atoms with E-state index in [2.05, 4.69) is 31.3 Å².